The molecule has 0 saturated carbocycles. The second-order valence-electron chi connectivity index (χ2n) is 10.7. The number of aliphatic hydroxyl groups is 1. The lowest BCUT2D eigenvalue weighted by Crippen LogP contribution is -2.59. The van der Waals surface area contributed by atoms with Crippen molar-refractivity contribution < 1.29 is 34.1 Å². The molecule has 0 radical (unpaired) electrons. The van der Waals surface area contributed by atoms with Gasteiger partial charge in [-0.15, -0.1) is 0 Å². The molecule has 0 unspecified atom stereocenters. The van der Waals surface area contributed by atoms with Gasteiger partial charge >= 0.3 is 6.09 Å². The summed E-state index contributed by atoms with van der Waals surface area (Å²) < 4.78 is 12.0. The van der Waals surface area contributed by atoms with Gasteiger partial charge in [0.15, 0.2) is 23.3 Å². The van der Waals surface area contributed by atoms with Gasteiger partial charge in [-0.25, -0.2) is 4.79 Å². The Labute approximate surface area is 237 Å². The lowest BCUT2D eigenvalue weighted by Gasteiger charge is -2.43. The highest BCUT2D eigenvalue weighted by molar-refractivity contribution is 6.32. The summed E-state index contributed by atoms with van der Waals surface area (Å²) in [6.45, 7) is 9.15. The number of rotatable bonds is 4. The van der Waals surface area contributed by atoms with Crippen molar-refractivity contribution in [3.05, 3.63) is 82.5 Å². The molecule has 1 amide bonds. The van der Waals surface area contributed by atoms with Crippen LogP contribution in [0.15, 0.2) is 49.1 Å². The third-order valence-electron chi connectivity index (χ3n) is 8.34. The van der Waals surface area contributed by atoms with Crippen LogP contribution >= 0.6 is 0 Å². The number of allylic oxidation sites excluding steroid dienone is 2. The van der Waals surface area contributed by atoms with E-state index in [4.69, 9.17) is 9.47 Å². The van der Waals surface area contributed by atoms with E-state index in [0.717, 1.165) is 5.56 Å². The second kappa shape index (κ2) is 9.21. The molecule has 2 bridgehead atoms. The van der Waals surface area contributed by atoms with Crippen molar-refractivity contribution >= 4 is 23.3 Å². The molecule has 1 fully saturated rings. The van der Waals surface area contributed by atoms with Gasteiger partial charge in [0.1, 0.15) is 24.0 Å². The van der Waals surface area contributed by atoms with Crippen LogP contribution in [-0.4, -0.2) is 52.2 Å². The van der Waals surface area contributed by atoms with Gasteiger partial charge in [-0.05, 0) is 42.2 Å². The van der Waals surface area contributed by atoms with E-state index >= 15 is 0 Å². The summed E-state index contributed by atoms with van der Waals surface area (Å²) in [6.07, 6.45) is 2.75. The molecule has 2 aliphatic heterocycles. The Balaban J connectivity index is 1.73. The predicted octanol–water partition coefficient (Wildman–Crippen LogP) is 3.80. The van der Waals surface area contributed by atoms with Crippen LogP contribution < -0.4 is 4.90 Å². The number of benzene rings is 2. The average Bonchev–Trinajstić information content (AvgIpc) is 3.69. The quantitative estimate of drug-likeness (QED) is 0.289. The Morgan fingerprint density at radius 2 is 1.85 bits per heavy atom. The molecule has 2 aromatic carbocycles. The molecule has 4 aliphatic rings. The van der Waals surface area contributed by atoms with Crippen LogP contribution in [0.5, 0.6) is 5.75 Å². The number of hydrogen-bond acceptors (Lipinski definition) is 7. The number of aliphatic hydroxyl groups excluding tert-OH is 1. The number of carbonyl (C=O) groups excluding carboxylic acids is 3. The minimum absolute atomic E-state index is 0.00564. The van der Waals surface area contributed by atoms with Gasteiger partial charge in [0.2, 0.25) is 0 Å². The van der Waals surface area contributed by atoms with Crippen LogP contribution in [-0.2, 0) is 21.5 Å². The number of epoxide rings is 1. The molecule has 8 nitrogen and oxygen atoms in total. The zero-order valence-corrected chi connectivity index (χ0v) is 22.8. The molecule has 0 aromatic heterocycles. The number of fused-ring (bicyclic) bond motifs is 4. The van der Waals surface area contributed by atoms with E-state index in [0.29, 0.717) is 6.42 Å². The maximum atomic E-state index is 14.2. The lowest BCUT2D eigenvalue weighted by molar-refractivity contribution is 0.0974. The summed E-state index contributed by atoms with van der Waals surface area (Å²) in [4.78, 5) is 43.2. The van der Waals surface area contributed by atoms with Crippen molar-refractivity contribution in [2.45, 2.75) is 50.5 Å². The SMILES string of the molecule is C=CCOC(=O)N1c2c(cc(O)c3c2C(=O)c2ccc(CC)cc2C3=O)[C@@]23O[C@@]2(C(C)C)[C@@H]1C#C/C=C\C#C[C@@H]3O. The monoisotopic (exact) mass is 549 g/mol. The van der Waals surface area contributed by atoms with Gasteiger partial charge in [-0.1, -0.05) is 69.2 Å². The maximum absolute atomic E-state index is 14.2. The average molecular weight is 550 g/mol. The maximum Gasteiger partial charge on any atom is 0.415 e. The van der Waals surface area contributed by atoms with E-state index in [1.165, 1.54) is 29.2 Å². The highest BCUT2D eigenvalue weighted by Gasteiger charge is 2.83. The van der Waals surface area contributed by atoms with E-state index in [2.05, 4.69) is 30.3 Å². The van der Waals surface area contributed by atoms with E-state index in [1.807, 2.05) is 20.8 Å². The third kappa shape index (κ3) is 3.35. The summed E-state index contributed by atoms with van der Waals surface area (Å²) in [6, 6.07) is 5.24. The van der Waals surface area contributed by atoms with Crippen LogP contribution in [0.1, 0.15) is 63.7 Å². The molecule has 41 heavy (non-hydrogen) atoms. The van der Waals surface area contributed by atoms with E-state index in [-0.39, 0.29) is 46.0 Å². The van der Waals surface area contributed by atoms with Crippen molar-refractivity contribution in [1.29, 1.82) is 0 Å². The van der Waals surface area contributed by atoms with Crippen molar-refractivity contribution in [3.8, 4) is 29.4 Å². The molecule has 2 aliphatic carbocycles. The van der Waals surface area contributed by atoms with Gasteiger partial charge in [0.25, 0.3) is 0 Å². The number of aromatic hydroxyl groups is 1. The molecule has 8 heteroatoms. The van der Waals surface area contributed by atoms with Crippen LogP contribution in [0.25, 0.3) is 0 Å². The fraction of sp³-hybridized carbons (Fsp3) is 0.303. The number of anilines is 1. The standard InChI is InChI=1S/C33H27NO7/c1-5-15-40-31(39)34-24-11-9-7-8-10-12-25(36)33(32(24,41-33)18(3)4)22-17-23(35)26-27(28(22)34)29(37)20-14-13-19(6-2)16-21(20)30(26)38/h5,7-8,13-14,16-18,24-25,35-36H,1,6,15H2,2-4H3/b8-7-/t24-,25-,32-,33-/m0/s1. The summed E-state index contributed by atoms with van der Waals surface area (Å²) >= 11 is 0. The van der Waals surface area contributed by atoms with Gasteiger partial charge in [0.05, 0.1) is 16.8 Å². The zero-order chi connectivity index (χ0) is 29.3. The molecule has 206 valence electrons. The number of amides is 1. The Morgan fingerprint density at radius 3 is 2.54 bits per heavy atom. The minimum Gasteiger partial charge on any atom is -0.507 e. The first-order valence-corrected chi connectivity index (χ1v) is 13.4. The Kier molecular flexibility index (Phi) is 5.97. The van der Waals surface area contributed by atoms with Gasteiger partial charge in [-0.2, -0.15) is 0 Å². The fourth-order valence-corrected chi connectivity index (χ4v) is 6.48. The number of aryl methyl sites for hydroxylation is 1. The number of carbonyl (C=O) groups is 3. The number of phenols is 1. The van der Waals surface area contributed by atoms with Crippen LogP contribution in [0.2, 0.25) is 0 Å². The van der Waals surface area contributed by atoms with Crippen molar-refractivity contribution in [3.63, 3.8) is 0 Å². The Bertz CT molecular complexity index is 1730. The number of nitrogens with zero attached hydrogens (tertiary/aromatic N) is 1. The molecule has 2 aromatic rings. The molecule has 0 spiro atoms. The first-order valence-electron chi connectivity index (χ1n) is 13.4. The zero-order valence-electron chi connectivity index (χ0n) is 22.8. The first kappa shape index (κ1) is 26.6. The minimum atomic E-state index is -1.56. The molecule has 2 N–H and O–H groups in total. The van der Waals surface area contributed by atoms with E-state index in [9.17, 15) is 24.6 Å². The highest BCUT2D eigenvalue weighted by atomic mass is 16.6. The van der Waals surface area contributed by atoms with Gasteiger partial charge in [0, 0.05) is 16.7 Å². The van der Waals surface area contributed by atoms with E-state index in [1.54, 1.807) is 18.2 Å². The van der Waals surface area contributed by atoms with Crippen LogP contribution in [0.3, 0.4) is 0 Å². The lowest BCUT2D eigenvalue weighted by atomic mass is 9.67. The predicted molar refractivity (Wildman–Crippen MR) is 150 cm³/mol. The summed E-state index contributed by atoms with van der Waals surface area (Å²) in [7, 11) is 0. The number of ether oxygens (including phenoxy) is 2. The topological polar surface area (TPSA) is 117 Å². The van der Waals surface area contributed by atoms with Crippen molar-refractivity contribution in [1.82, 2.24) is 0 Å². The molecular weight excluding hydrogens is 522 g/mol. The molecule has 6 rings (SSSR count). The molecular formula is C33H27NO7. The largest absolute Gasteiger partial charge is 0.507 e. The van der Waals surface area contributed by atoms with Crippen molar-refractivity contribution in [2.75, 3.05) is 11.5 Å². The second-order valence-corrected chi connectivity index (χ2v) is 10.7. The fourth-order valence-electron chi connectivity index (χ4n) is 6.48. The summed E-state index contributed by atoms with van der Waals surface area (Å²) in [5.74, 6) is 9.63. The van der Waals surface area contributed by atoms with Crippen LogP contribution in [0.4, 0.5) is 10.5 Å². The molecule has 4 atom stereocenters. The van der Waals surface area contributed by atoms with E-state index < -0.39 is 46.8 Å². The van der Waals surface area contributed by atoms with Crippen LogP contribution in [0, 0.1) is 29.6 Å². The number of phenolic OH excluding ortho intramolecular Hbond substituents is 1. The number of hydrogen-bond donors (Lipinski definition) is 2. The smallest absolute Gasteiger partial charge is 0.415 e. The third-order valence-corrected chi connectivity index (χ3v) is 8.34. The summed E-state index contributed by atoms with van der Waals surface area (Å²) in [5.41, 5.74) is -1.94. The first-order chi connectivity index (χ1) is 19.6. The van der Waals surface area contributed by atoms with Gasteiger partial charge < -0.3 is 19.7 Å². The summed E-state index contributed by atoms with van der Waals surface area (Å²) in [5, 5.41) is 22.9. The number of ketones is 2. The Morgan fingerprint density at radius 1 is 1.15 bits per heavy atom. The Hall–Kier alpha value is -4.63. The van der Waals surface area contributed by atoms with Gasteiger partial charge in [-0.3, -0.25) is 14.5 Å². The molecule has 1 saturated heterocycles. The van der Waals surface area contributed by atoms with Crippen molar-refractivity contribution in [2.24, 2.45) is 5.92 Å². The normalized spacial score (nSPS) is 27.1. The molecule has 2 heterocycles. The highest BCUT2D eigenvalue weighted by Crippen LogP contribution is 2.70.